The lowest BCUT2D eigenvalue weighted by molar-refractivity contribution is -0.440. The standard InChI is InChI=1S/C14H14F13NO2/c15-9(16,6-28(8(29)30)7-4-2-1-3-5-7)10(17,18)11(19,20)12(21,22)13(23,24)14(25,26)27/h7H,1-6H2,(H,29,30). The van der Waals surface area contributed by atoms with Crippen LogP contribution in [-0.4, -0.2) is 64.5 Å². The van der Waals surface area contributed by atoms with Crippen molar-refractivity contribution in [1.82, 2.24) is 4.90 Å². The van der Waals surface area contributed by atoms with Crippen molar-refractivity contribution in [2.45, 2.75) is 73.9 Å². The molecular weight excluding hydrogens is 461 g/mol. The minimum atomic E-state index is -8.00. The molecule has 1 rings (SSSR count). The van der Waals surface area contributed by atoms with E-state index in [1.165, 1.54) is 0 Å². The van der Waals surface area contributed by atoms with Gasteiger partial charge < -0.3 is 5.11 Å². The van der Waals surface area contributed by atoms with Crippen LogP contribution in [0.1, 0.15) is 32.1 Å². The Kier molecular flexibility index (Phi) is 6.87. The Morgan fingerprint density at radius 3 is 1.47 bits per heavy atom. The SMILES string of the molecule is O=C(O)N(CC(F)(F)C(F)(F)C(F)(F)C(F)(F)C(F)(F)C(F)(F)F)C1CCCCC1. The smallest absolute Gasteiger partial charge is 0.460 e. The Bertz CT molecular complexity index is 626. The van der Waals surface area contributed by atoms with Crippen molar-refractivity contribution in [3.05, 3.63) is 0 Å². The molecule has 0 aromatic rings. The molecular formula is C14H14F13NO2. The van der Waals surface area contributed by atoms with Crippen molar-refractivity contribution in [2.75, 3.05) is 6.54 Å². The molecule has 1 aliphatic rings. The van der Waals surface area contributed by atoms with E-state index in [4.69, 9.17) is 5.11 Å². The molecule has 0 atom stereocenters. The second-order valence-corrected chi connectivity index (χ2v) is 6.70. The fraction of sp³-hybridized carbons (Fsp3) is 0.929. The number of hydrogen-bond donors (Lipinski definition) is 1. The third-order valence-electron chi connectivity index (χ3n) is 4.63. The molecule has 16 heteroatoms. The van der Waals surface area contributed by atoms with Crippen LogP contribution in [0.2, 0.25) is 0 Å². The van der Waals surface area contributed by atoms with Crippen LogP contribution in [-0.2, 0) is 0 Å². The normalized spacial score (nSPS) is 18.4. The van der Waals surface area contributed by atoms with Gasteiger partial charge in [-0.3, -0.25) is 4.90 Å². The van der Waals surface area contributed by atoms with Gasteiger partial charge in [-0.25, -0.2) is 4.79 Å². The minimum Gasteiger partial charge on any atom is -0.465 e. The fourth-order valence-electron chi connectivity index (χ4n) is 2.86. The van der Waals surface area contributed by atoms with Gasteiger partial charge in [0.1, 0.15) is 0 Å². The molecule has 1 amide bonds. The van der Waals surface area contributed by atoms with Crippen LogP contribution < -0.4 is 0 Å². The molecule has 0 saturated heterocycles. The van der Waals surface area contributed by atoms with Crippen molar-refractivity contribution < 1.29 is 67.0 Å². The van der Waals surface area contributed by atoms with E-state index in [-0.39, 0.29) is 25.7 Å². The quantitative estimate of drug-likeness (QED) is 0.457. The van der Waals surface area contributed by atoms with Crippen LogP contribution >= 0.6 is 0 Å². The Hall–Kier alpha value is -1.64. The zero-order chi connectivity index (χ0) is 24.0. The third kappa shape index (κ3) is 4.09. The van der Waals surface area contributed by atoms with Gasteiger partial charge in [0.05, 0.1) is 6.54 Å². The van der Waals surface area contributed by atoms with E-state index >= 15 is 0 Å². The largest absolute Gasteiger partial charge is 0.465 e. The molecule has 0 heterocycles. The molecule has 0 radical (unpaired) electrons. The summed E-state index contributed by atoms with van der Waals surface area (Å²) in [7, 11) is 0. The summed E-state index contributed by atoms with van der Waals surface area (Å²) in [5.41, 5.74) is 0. The summed E-state index contributed by atoms with van der Waals surface area (Å²) in [5, 5.41) is 8.90. The molecule has 1 aliphatic carbocycles. The monoisotopic (exact) mass is 475 g/mol. The van der Waals surface area contributed by atoms with Gasteiger partial charge in [0.15, 0.2) is 0 Å². The van der Waals surface area contributed by atoms with Crippen LogP contribution in [0.3, 0.4) is 0 Å². The first kappa shape index (κ1) is 26.4. The van der Waals surface area contributed by atoms with E-state index < -0.39 is 59.4 Å². The molecule has 1 saturated carbocycles. The minimum absolute atomic E-state index is 0.174. The second kappa shape index (κ2) is 7.80. The zero-order valence-electron chi connectivity index (χ0n) is 14.5. The lowest BCUT2D eigenvalue weighted by Crippen LogP contribution is -2.71. The summed E-state index contributed by atoms with van der Waals surface area (Å²) in [4.78, 5) is 10.6. The number of rotatable bonds is 7. The lowest BCUT2D eigenvalue weighted by atomic mass is 9.91. The molecule has 0 spiro atoms. The number of carboxylic acid groups (broad SMARTS) is 1. The number of nitrogens with zero attached hydrogens (tertiary/aromatic N) is 1. The molecule has 3 nitrogen and oxygen atoms in total. The highest BCUT2D eigenvalue weighted by atomic mass is 19.4. The van der Waals surface area contributed by atoms with E-state index in [0.29, 0.717) is 6.42 Å². The molecule has 30 heavy (non-hydrogen) atoms. The van der Waals surface area contributed by atoms with E-state index in [0.717, 1.165) is 0 Å². The average molecular weight is 475 g/mol. The molecule has 1 N–H and O–H groups in total. The van der Waals surface area contributed by atoms with Gasteiger partial charge in [-0.15, -0.1) is 0 Å². The maximum Gasteiger partial charge on any atom is 0.460 e. The summed E-state index contributed by atoms with van der Waals surface area (Å²) in [6.45, 7) is -2.83. The number of halogens is 13. The summed E-state index contributed by atoms with van der Waals surface area (Å²) < 4.78 is 170. The number of alkyl halides is 13. The van der Waals surface area contributed by atoms with Crippen molar-refractivity contribution in [3.8, 4) is 0 Å². The fourth-order valence-corrected chi connectivity index (χ4v) is 2.86. The Balaban J connectivity index is 3.35. The summed E-state index contributed by atoms with van der Waals surface area (Å²) in [5.74, 6) is -37.6. The van der Waals surface area contributed by atoms with Crippen molar-refractivity contribution in [2.24, 2.45) is 0 Å². The molecule has 0 unspecified atom stereocenters. The number of carbonyl (C=O) groups is 1. The first-order chi connectivity index (χ1) is 13.1. The van der Waals surface area contributed by atoms with Crippen LogP contribution in [0.25, 0.3) is 0 Å². The summed E-state index contributed by atoms with van der Waals surface area (Å²) >= 11 is 0. The van der Waals surface area contributed by atoms with Gasteiger partial charge >= 0.3 is 41.9 Å². The van der Waals surface area contributed by atoms with Gasteiger partial charge in [-0.05, 0) is 12.8 Å². The third-order valence-corrected chi connectivity index (χ3v) is 4.63. The van der Waals surface area contributed by atoms with E-state index in [1.807, 2.05) is 0 Å². The van der Waals surface area contributed by atoms with Crippen LogP contribution in [0, 0.1) is 0 Å². The van der Waals surface area contributed by atoms with Crippen LogP contribution in [0.4, 0.5) is 61.9 Å². The number of hydrogen-bond acceptors (Lipinski definition) is 1. The van der Waals surface area contributed by atoms with Gasteiger partial charge in [-0.2, -0.15) is 57.1 Å². The molecule has 0 aromatic carbocycles. The Morgan fingerprint density at radius 1 is 0.700 bits per heavy atom. The van der Waals surface area contributed by atoms with Crippen molar-refractivity contribution in [1.29, 1.82) is 0 Å². The lowest BCUT2D eigenvalue weighted by Gasteiger charge is -2.41. The first-order valence-corrected chi connectivity index (χ1v) is 8.10. The van der Waals surface area contributed by atoms with Crippen LogP contribution in [0.15, 0.2) is 0 Å². The Morgan fingerprint density at radius 2 is 1.10 bits per heavy atom. The molecule has 0 aromatic heterocycles. The van der Waals surface area contributed by atoms with Gasteiger partial charge in [0.2, 0.25) is 0 Å². The van der Waals surface area contributed by atoms with Gasteiger partial charge in [0.25, 0.3) is 0 Å². The molecule has 0 bridgehead atoms. The highest BCUT2D eigenvalue weighted by molar-refractivity contribution is 5.65. The Labute approximate surface area is 159 Å². The van der Waals surface area contributed by atoms with Gasteiger partial charge in [0, 0.05) is 6.04 Å². The summed E-state index contributed by atoms with van der Waals surface area (Å²) in [6.07, 6.45) is -9.22. The second-order valence-electron chi connectivity index (χ2n) is 6.70. The summed E-state index contributed by atoms with van der Waals surface area (Å²) in [6, 6.07) is -1.40. The average Bonchev–Trinajstić information content (AvgIpc) is 2.58. The zero-order valence-corrected chi connectivity index (χ0v) is 14.5. The predicted molar refractivity (Wildman–Crippen MR) is 72.4 cm³/mol. The van der Waals surface area contributed by atoms with E-state index in [1.54, 1.807) is 0 Å². The van der Waals surface area contributed by atoms with Crippen molar-refractivity contribution >= 4 is 6.09 Å². The first-order valence-electron chi connectivity index (χ1n) is 8.10. The van der Waals surface area contributed by atoms with E-state index in [9.17, 15) is 61.9 Å². The van der Waals surface area contributed by atoms with Gasteiger partial charge in [-0.1, -0.05) is 19.3 Å². The van der Waals surface area contributed by atoms with Crippen LogP contribution in [0.5, 0.6) is 0 Å². The predicted octanol–water partition coefficient (Wildman–Crippen LogP) is 6.04. The maximum absolute atomic E-state index is 13.9. The molecule has 1 fully saturated rings. The number of amides is 1. The van der Waals surface area contributed by atoms with Crippen molar-refractivity contribution in [3.63, 3.8) is 0 Å². The van der Waals surface area contributed by atoms with E-state index in [2.05, 4.69) is 0 Å². The maximum atomic E-state index is 13.9. The highest BCUT2D eigenvalue weighted by Crippen LogP contribution is 2.60. The molecule has 0 aliphatic heterocycles. The molecule has 178 valence electrons. The highest BCUT2D eigenvalue weighted by Gasteiger charge is 2.90. The topological polar surface area (TPSA) is 40.5 Å².